The van der Waals surface area contributed by atoms with E-state index >= 15 is 0 Å². The van der Waals surface area contributed by atoms with Gasteiger partial charge in [0.25, 0.3) is 5.91 Å². The van der Waals surface area contributed by atoms with Crippen molar-refractivity contribution >= 4 is 34.3 Å². The summed E-state index contributed by atoms with van der Waals surface area (Å²) in [5.41, 5.74) is 2.52. The van der Waals surface area contributed by atoms with Crippen LogP contribution in [0.25, 0.3) is 10.9 Å². The molecule has 0 bridgehead atoms. The van der Waals surface area contributed by atoms with Gasteiger partial charge < -0.3 is 16.0 Å². The van der Waals surface area contributed by atoms with Gasteiger partial charge in [0.05, 0.1) is 10.9 Å². The zero-order valence-electron chi connectivity index (χ0n) is 19.3. The smallest absolute Gasteiger partial charge is 0.376 e. The first-order chi connectivity index (χ1) is 14.6. The van der Waals surface area contributed by atoms with E-state index in [0.29, 0.717) is 23.4 Å². The van der Waals surface area contributed by atoms with Gasteiger partial charge >= 0.3 is 6.18 Å². The Balaban J connectivity index is 1.97. The largest absolute Gasteiger partial charge is 0.405 e. The maximum atomic E-state index is 13.0. The summed E-state index contributed by atoms with van der Waals surface area (Å²) >= 11 is 1.71. The highest BCUT2D eigenvalue weighted by Gasteiger charge is 2.30. The van der Waals surface area contributed by atoms with Crippen LogP contribution in [0.5, 0.6) is 0 Å². The van der Waals surface area contributed by atoms with Crippen LogP contribution in [0.4, 0.5) is 18.9 Å². The summed E-state index contributed by atoms with van der Waals surface area (Å²) in [5, 5.41) is 9.52. The van der Waals surface area contributed by atoms with E-state index in [1.54, 1.807) is 30.0 Å². The molecule has 176 valence electrons. The van der Waals surface area contributed by atoms with Gasteiger partial charge in [-0.3, -0.25) is 4.79 Å². The van der Waals surface area contributed by atoms with Crippen LogP contribution in [0.3, 0.4) is 0 Å². The maximum Gasteiger partial charge on any atom is 0.405 e. The molecule has 0 aliphatic carbocycles. The van der Waals surface area contributed by atoms with Gasteiger partial charge in [-0.15, -0.1) is 11.8 Å². The van der Waals surface area contributed by atoms with Crippen molar-refractivity contribution in [1.82, 2.24) is 15.6 Å². The second-order valence-corrected chi connectivity index (χ2v) is 11.8. The van der Waals surface area contributed by atoms with Gasteiger partial charge in [-0.25, -0.2) is 4.98 Å². The third-order valence-corrected chi connectivity index (χ3v) is 6.64. The lowest BCUT2D eigenvalue weighted by molar-refractivity contribution is -0.115. The van der Waals surface area contributed by atoms with Crippen LogP contribution in [0.15, 0.2) is 18.2 Å². The highest BCUT2D eigenvalue weighted by molar-refractivity contribution is 8.01. The number of halogens is 3. The number of aryl methyl sites for hydroxylation is 1. The summed E-state index contributed by atoms with van der Waals surface area (Å²) < 4.78 is 38.2. The number of amides is 1. The fourth-order valence-corrected chi connectivity index (χ4v) is 5.08. The van der Waals surface area contributed by atoms with Gasteiger partial charge in [0.1, 0.15) is 12.2 Å². The molecule has 0 saturated carbocycles. The molecular formula is C23H31F3N4OS. The Morgan fingerprint density at radius 2 is 1.94 bits per heavy atom. The number of aromatic nitrogens is 1. The van der Waals surface area contributed by atoms with Crippen LogP contribution in [0.1, 0.15) is 56.2 Å². The Morgan fingerprint density at radius 3 is 2.53 bits per heavy atom. The molecule has 1 atom stereocenters. The molecule has 1 aromatic heterocycles. The van der Waals surface area contributed by atoms with Gasteiger partial charge in [-0.1, -0.05) is 20.8 Å². The Kier molecular flexibility index (Phi) is 6.73. The summed E-state index contributed by atoms with van der Waals surface area (Å²) in [4.78, 5) is 17.7. The van der Waals surface area contributed by atoms with E-state index in [0.717, 1.165) is 23.1 Å². The van der Waals surface area contributed by atoms with Gasteiger partial charge in [0.15, 0.2) is 0 Å². The lowest BCUT2D eigenvalue weighted by Gasteiger charge is -2.35. The summed E-state index contributed by atoms with van der Waals surface area (Å²) in [5.74, 6) is -0.258. The molecule has 1 aliphatic heterocycles. The Hall–Kier alpha value is -2.00. The number of rotatable bonds is 4. The predicted octanol–water partition coefficient (Wildman–Crippen LogP) is 4.99. The molecule has 9 heteroatoms. The number of carbonyl (C=O) groups is 1. The molecule has 1 amide bonds. The molecule has 32 heavy (non-hydrogen) atoms. The first-order valence-electron chi connectivity index (χ1n) is 10.6. The SMILES string of the molecule is Cc1cc(C(=O)NC2CNCC(C)(C)S2)nc2c(C(C)(C)C)cc(NCC(F)(F)F)cc12. The van der Waals surface area contributed by atoms with E-state index in [1.807, 2.05) is 27.7 Å². The molecule has 1 fully saturated rings. The van der Waals surface area contributed by atoms with Gasteiger partial charge in [-0.2, -0.15) is 13.2 Å². The quantitative estimate of drug-likeness (QED) is 0.590. The van der Waals surface area contributed by atoms with Crippen molar-refractivity contribution in [2.45, 2.75) is 63.3 Å². The zero-order chi connectivity index (χ0) is 23.9. The topological polar surface area (TPSA) is 66.0 Å². The second-order valence-electron chi connectivity index (χ2n) is 9.93. The predicted molar refractivity (Wildman–Crippen MR) is 126 cm³/mol. The minimum Gasteiger partial charge on any atom is -0.376 e. The third kappa shape index (κ3) is 6.07. The van der Waals surface area contributed by atoms with E-state index in [9.17, 15) is 18.0 Å². The summed E-state index contributed by atoms with van der Waals surface area (Å²) in [6, 6.07) is 5.07. The van der Waals surface area contributed by atoms with Crippen LogP contribution >= 0.6 is 11.8 Å². The highest BCUT2D eigenvalue weighted by atomic mass is 32.2. The highest BCUT2D eigenvalue weighted by Crippen LogP contribution is 2.34. The molecule has 2 heterocycles. The average Bonchev–Trinajstić information content (AvgIpc) is 2.63. The first kappa shape index (κ1) is 24.6. The number of nitrogens with one attached hydrogen (secondary N) is 3. The number of fused-ring (bicyclic) bond motifs is 1. The summed E-state index contributed by atoms with van der Waals surface area (Å²) in [6.07, 6.45) is -4.31. The Bertz CT molecular complexity index is 1010. The minimum absolute atomic E-state index is 0.0160. The monoisotopic (exact) mass is 468 g/mol. The van der Waals surface area contributed by atoms with E-state index in [4.69, 9.17) is 0 Å². The van der Waals surface area contributed by atoms with Crippen molar-refractivity contribution in [2.24, 2.45) is 0 Å². The van der Waals surface area contributed by atoms with Gasteiger partial charge in [0, 0.05) is 28.9 Å². The van der Waals surface area contributed by atoms with Gasteiger partial charge in [-0.05, 0) is 55.5 Å². The molecule has 0 radical (unpaired) electrons. The molecule has 1 unspecified atom stereocenters. The number of hydrogen-bond acceptors (Lipinski definition) is 5. The van der Waals surface area contributed by atoms with Gasteiger partial charge in [0.2, 0.25) is 0 Å². The third-order valence-electron chi connectivity index (χ3n) is 5.29. The molecule has 1 saturated heterocycles. The van der Waals surface area contributed by atoms with Crippen molar-refractivity contribution in [3.05, 3.63) is 35.0 Å². The molecule has 1 aromatic carbocycles. The summed E-state index contributed by atoms with van der Waals surface area (Å²) in [7, 11) is 0. The molecule has 0 spiro atoms. The minimum atomic E-state index is -4.31. The van der Waals surface area contributed by atoms with Crippen LogP contribution in [-0.2, 0) is 5.41 Å². The van der Waals surface area contributed by atoms with Crippen LogP contribution < -0.4 is 16.0 Å². The Morgan fingerprint density at radius 1 is 1.25 bits per heavy atom. The fourth-order valence-electron chi connectivity index (χ4n) is 3.76. The van der Waals surface area contributed by atoms with Crippen LogP contribution in [0, 0.1) is 6.92 Å². The number of alkyl halides is 3. The number of pyridine rings is 1. The van der Waals surface area contributed by atoms with Crippen LogP contribution in [-0.4, -0.2) is 46.8 Å². The fraction of sp³-hybridized carbons (Fsp3) is 0.565. The Labute approximate surface area is 191 Å². The second kappa shape index (κ2) is 8.74. The van der Waals surface area contributed by atoms with E-state index in [2.05, 4.69) is 34.8 Å². The number of anilines is 1. The zero-order valence-corrected chi connectivity index (χ0v) is 20.1. The number of carbonyl (C=O) groups excluding carboxylic acids is 1. The number of hydrogen-bond donors (Lipinski definition) is 3. The van der Waals surface area contributed by atoms with E-state index < -0.39 is 12.7 Å². The normalized spacial score (nSPS) is 19.1. The van der Waals surface area contributed by atoms with E-state index in [-0.39, 0.29) is 21.4 Å². The maximum absolute atomic E-state index is 13.0. The number of thioether (sulfide) groups is 1. The summed E-state index contributed by atoms with van der Waals surface area (Å²) in [6.45, 7) is 12.5. The van der Waals surface area contributed by atoms with Crippen molar-refractivity contribution in [3.63, 3.8) is 0 Å². The molecule has 5 nitrogen and oxygen atoms in total. The number of benzene rings is 1. The average molecular weight is 469 g/mol. The number of nitrogens with zero attached hydrogens (tertiary/aromatic N) is 1. The molecular weight excluding hydrogens is 437 g/mol. The van der Waals surface area contributed by atoms with Crippen molar-refractivity contribution in [3.8, 4) is 0 Å². The van der Waals surface area contributed by atoms with E-state index in [1.165, 1.54) is 0 Å². The van der Waals surface area contributed by atoms with Crippen molar-refractivity contribution < 1.29 is 18.0 Å². The molecule has 3 N–H and O–H groups in total. The molecule has 2 aromatic rings. The molecule has 1 aliphatic rings. The first-order valence-corrected chi connectivity index (χ1v) is 11.5. The molecule has 3 rings (SSSR count). The lowest BCUT2D eigenvalue weighted by Crippen LogP contribution is -2.50. The van der Waals surface area contributed by atoms with Crippen molar-refractivity contribution in [1.29, 1.82) is 0 Å². The van der Waals surface area contributed by atoms with Crippen LogP contribution in [0.2, 0.25) is 0 Å². The van der Waals surface area contributed by atoms with Crippen molar-refractivity contribution in [2.75, 3.05) is 25.0 Å². The lowest BCUT2D eigenvalue weighted by atomic mass is 9.84. The standard InChI is InChI=1S/C23H31F3N4OS/c1-13-7-17(20(31)30-18-10-27-11-22(5,6)32-18)29-19-15(13)8-14(28-12-23(24,25)26)9-16(19)21(2,3)4/h7-9,18,27-28H,10-12H2,1-6H3,(H,30,31).